The van der Waals surface area contributed by atoms with Gasteiger partial charge in [-0.05, 0) is 30.7 Å². The van der Waals surface area contributed by atoms with Crippen molar-refractivity contribution in [3.05, 3.63) is 68.9 Å². The average molecular weight is 476 g/mol. The molecule has 0 saturated heterocycles. The number of amides is 1. The number of carbonyl (C=O) groups is 1. The normalized spacial score (nSPS) is 12.1. The summed E-state index contributed by atoms with van der Waals surface area (Å²) < 4.78 is 7.54. The van der Waals surface area contributed by atoms with Gasteiger partial charge in [0.05, 0.1) is 29.3 Å². The second kappa shape index (κ2) is 10.0. The third-order valence-electron chi connectivity index (χ3n) is 4.36. The highest BCUT2D eigenvalue weighted by Crippen LogP contribution is 2.24. The molecule has 0 aliphatic carbocycles. The van der Waals surface area contributed by atoms with Gasteiger partial charge in [0.2, 0.25) is 5.91 Å². The Balaban J connectivity index is 1.82. The molecule has 1 unspecified atom stereocenters. The van der Waals surface area contributed by atoms with E-state index in [1.165, 1.54) is 11.8 Å². The Morgan fingerprint density at radius 1 is 1.28 bits per heavy atom. The fourth-order valence-electron chi connectivity index (χ4n) is 2.78. The van der Waals surface area contributed by atoms with Crippen molar-refractivity contribution < 1.29 is 9.53 Å². The monoisotopic (exact) mass is 475 g/mol. The number of hydrogen-bond donors (Lipinski definition) is 1. The van der Waals surface area contributed by atoms with Crippen molar-refractivity contribution >= 4 is 44.5 Å². The van der Waals surface area contributed by atoms with Crippen LogP contribution in [0, 0.1) is 0 Å². The van der Waals surface area contributed by atoms with Crippen LogP contribution in [0.3, 0.4) is 0 Å². The Bertz CT molecular complexity index is 1060. The molecule has 0 fully saturated rings. The number of benzene rings is 2. The molecular formula is C21H22BrN3O3S. The molecule has 3 rings (SSSR count). The van der Waals surface area contributed by atoms with Crippen LogP contribution in [0.15, 0.2) is 63.0 Å². The minimum absolute atomic E-state index is 0.109. The van der Waals surface area contributed by atoms with Gasteiger partial charge in [-0.3, -0.25) is 14.2 Å². The first-order valence-corrected chi connectivity index (χ1v) is 10.8. The molecule has 0 aliphatic rings. The molecule has 8 heteroatoms. The lowest BCUT2D eigenvalue weighted by Crippen LogP contribution is -2.32. The van der Waals surface area contributed by atoms with Crippen molar-refractivity contribution in [3.8, 4) is 0 Å². The van der Waals surface area contributed by atoms with Crippen LogP contribution in [-0.4, -0.2) is 34.4 Å². The molecule has 1 atom stereocenters. The Kier molecular flexibility index (Phi) is 7.46. The van der Waals surface area contributed by atoms with Crippen LogP contribution in [0.5, 0.6) is 0 Å². The highest BCUT2D eigenvalue weighted by molar-refractivity contribution is 9.10. The van der Waals surface area contributed by atoms with Crippen molar-refractivity contribution in [2.75, 3.05) is 13.7 Å². The van der Waals surface area contributed by atoms with Gasteiger partial charge in [-0.1, -0.05) is 58.0 Å². The lowest BCUT2D eigenvalue weighted by atomic mass is 10.2. The molecule has 0 saturated carbocycles. The van der Waals surface area contributed by atoms with E-state index < -0.39 is 5.25 Å². The summed E-state index contributed by atoms with van der Waals surface area (Å²) in [6.07, 6.45) is 0. The number of hydrogen-bond acceptors (Lipinski definition) is 5. The van der Waals surface area contributed by atoms with Gasteiger partial charge >= 0.3 is 0 Å². The molecule has 0 bridgehead atoms. The molecular weight excluding hydrogens is 454 g/mol. The predicted molar refractivity (Wildman–Crippen MR) is 119 cm³/mol. The molecule has 0 aliphatic heterocycles. The van der Waals surface area contributed by atoms with Crippen molar-refractivity contribution in [1.82, 2.24) is 14.9 Å². The minimum atomic E-state index is -0.410. The molecule has 6 nitrogen and oxygen atoms in total. The van der Waals surface area contributed by atoms with Gasteiger partial charge in [-0.2, -0.15) is 0 Å². The van der Waals surface area contributed by atoms with Gasteiger partial charge in [0.25, 0.3) is 5.56 Å². The van der Waals surface area contributed by atoms with E-state index in [0.717, 1.165) is 10.0 Å². The maximum Gasteiger partial charge on any atom is 0.262 e. The fraction of sp³-hybridized carbons (Fsp3) is 0.286. The van der Waals surface area contributed by atoms with Gasteiger partial charge in [0.1, 0.15) is 0 Å². The Morgan fingerprint density at radius 2 is 2.03 bits per heavy atom. The summed E-state index contributed by atoms with van der Waals surface area (Å²) in [7, 11) is 1.59. The molecule has 0 radical (unpaired) electrons. The number of carbonyl (C=O) groups excluding carboxylic acids is 1. The summed E-state index contributed by atoms with van der Waals surface area (Å²) in [5, 5.41) is 3.56. The van der Waals surface area contributed by atoms with Gasteiger partial charge < -0.3 is 10.1 Å². The summed E-state index contributed by atoms with van der Waals surface area (Å²) in [5.74, 6) is -0.109. The van der Waals surface area contributed by atoms with Gasteiger partial charge in [0.15, 0.2) is 5.16 Å². The van der Waals surface area contributed by atoms with E-state index in [9.17, 15) is 9.59 Å². The van der Waals surface area contributed by atoms with Crippen LogP contribution in [0.25, 0.3) is 10.9 Å². The Morgan fingerprint density at radius 3 is 2.76 bits per heavy atom. The standard InChI is InChI=1S/C21H22BrN3O3S/c1-14(19(26)23-13-15-6-4-3-5-7-15)29-21-24-18-9-8-16(22)12-17(18)20(27)25(21)10-11-28-2/h3-9,12,14H,10-11,13H2,1-2H3,(H,23,26). The van der Waals surface area contributed by atoms with Gasteiger partial charge in [-0.25, -0.2) is 4.98 Å². The third-order valence-corrected chi connectivity index (χ3v) is 5.94. The lowest BCUT2D eigenvalue weighted by molar-refractivity contribution is -0.120. The zero-order valence-corrected chi connectivity index (χ0v) is 18.6. The molecule has 29 heavy (non-hydrogen) atoms. The number of ether oxygens (including phenoxy) is 1. The van der Waals surface area contributed by atoms with E-state index >= 15 is 0 Å². The highest BCUT2D eigenvalue weighted by Gasteiger charge is 2.19. The predicted octanol–water partition coefficient (Wildman–Crippen LogP) is 3.60. The maximum absolute atomic E-state index is 13.0. The Labute approximate surface area is 181 Å². The first-order chi connectivity index (χ1) is 14.0. The minimum Gasteiger partial charge on any atom is -0.383 e. The highest BCUT2D eigenvalue weighted by atomic mass is 79.9. The molecule has 1 heterocycles. The van der Waals surface area contributed by atoms with E-state index in [-0.39, 0.29) is 11.5 Å². The van der Waals surface area contributed by atoms with Crippen LogP contribution < -0.4 is 10.9 Å². The first-order valence-electron chi connectivity index (χ1n) is 9.17. The summed E-state index contributed by atoms with van der Waals surface area (Å²) in [4.78, 5) is 30.2. The average Bonchev–Trinajstić information content (AvgIpc) is 2.73. The van der Waals surface area contributed by atoms with Crippen molar-refractivity contribution in [1.29, 1.82) is 0 Å². The number of nitrogens with zero attached hydrogens (tertiary/aromatic N) is 2. The summed E-state index contributed by atoms with van der Waals surface area (Å²) >= 11 is 4.67. The van der Waals surface area contributed by atoms with Gasteiger partial charge in [-0.15, -0.1) is 0 Å². The first kappa shape index (κ1) is 21.5. The van der Waals surface area contributed by atoms with Crippen molar-refractivity contribution in [2.24, 2.45) is 0 Å². The maximum atomic E-state index is 13.0. The Hall–Kier alpha value is -2.16. The second-order valence-corrected chi connectivity index (χ2v) is 8.69. The number of halogens is 1. The van der Waals surface area contributed by atoms with E-state index in [1.807, 2.05) is 43.3 Å². The van der Waals surface area contributed by atoms with Crippen molar-refractivity contribution in [3.63, 3.8) is 0 Å². The fourth-order valence-corrected chi connectivity index (χ4v) is 4.10. The lowest BCUT2D eigenvalue weighted by Gasteiger charge is -2.16. The summed E-state index contributed by atoms with van der Waals surface area (Å²) in [6, 6.07) is 15.1. The van der Waals surface area contributed by atoms with Crippen LogP contribution in [0.4, 0.5) is 0 Å². The molecule has 152 valence electrons. The van der Waals surface area contributed by atoms with E-state index in [0.29, 0.717) is 35.8 Å². The van der Waals surface area contributed by atoms with Crippen LogP contribution in [0.2, 0.25) is 0 Å². The smallest absolute Gasteiger partial charge is 0.262 e. The number of fused-ring (bicyclic) bond motifs is 1. The van der Waals surface area contributed by atoms with Crippen LogP contribution >= 0.6 is 27.7 Å². The topological polar surface area (TPSA) is 73.2 Å². The largest absolute Gasteiger partial charge is 0.383 e. The third kappa shape index (κ3) is 5.46. The summed E-state index contributed by atoms with van der Waals surface area (Å²) in [6.45, 7) is 3.01. The van der Waals surface area contributed by atoms with E-state index in [1.54, 1.807) is 23.8 Å². The molecule has 1 amide bonds. The number of rotatable bonds is 8. The number of methoxy groups -OCH3 is 1. The second-order valence-electron chi connectivity index (χ2n) is 6.47. The van der Waals surface area contributed by atoms with Crippen LogP contribution in [0.1, 0.15) is 12.5 Å². The van der Waals surface area contributed by atoms with Crippen molar-refractivity contribution in [2.45, 2.75) is 30.4 Å². The number of thioether (sulfide) groups is 1. The number of aromatic nitrogens is 2. The van der Waals surface area contributed by atoms with E-state index in [4.69, 9.17) is 4.74 Å². The number of nitrogens with one attached hydrogen (secondary N) is 1. The van der Waals surface area contributed by atoms with Crippen LogP contribution in [-0.2, 0) is 22.6 Å². The zero-order chi connectivity index (χ0) is 20.8. The molecule has 1 N–H and O–H groups in total. The zero-order valence-electron chi connectivity index (χ0n) is 16.2. The summed E-state index contributed by atoms with van der Waals surface area (Å²) in [5.41, 5.74) is 1.49. The molecule has 2 aromatic carbocycles. The van der Waals surface area contributed by atoms with E-state index in [2.05, 4.69) is 26.2 Å². The quantitative estimate of drug-likeness (QED) is 0.397. The molecule has 1 aromatic heterocycles. The SMILES string of the molecule is COCCn1c(SC(C)C(=O)NCc2ccccc2)nc2ccc(Br)cc2c1=O. The molecule has 3 aromatic rings. The molecule has 0 spiro atoms. The van der Waals surface area contributed by atoms with Gasteiger partial charge in [0, 0.05) is 18.1 Å².